The first-order valence-corrected chi connectivity index (χ1v) is 25.1. The lowest BCUT2D eigenvalue weighted by atomic mass is 10.1. The van der Waals surface area contributed by atoms with E-state index in [0.29, 0.717) is 19.3 Å². The molecule has 5 N–H and O–H groups in total. The number of phosphoric ester groups is 2. The lowest BCUT2D eigenvalue weighted by Gasteiger charge is -2.20. The molecule has 0 aliphatic heterocycles. The average molecular weight is 893 g/mol. The highest BCUT2D eigenvalue weighted by atomic mass is 31.2. The molecular formula is C44H78O14P2. The molecule has 0 aromatic heterocycles. The molecule has 0 aliphatic carbocycles. The number of unbranched alkanes of at least 4 members (excludes halogenated alkanes) is 14. The summed E-state index contributed by atoms with van der Waals surface area (Å²) in [6.45, 7) is 1.49. The summed E-state index contributed by atoms with van der Waals surface area (Å²) in [6, 6.07) is 0. The van der Waals surface area contributed by atoms with E-state index in [1.54, 1.807) is 12.2 Å². The molecule has 16 heteroatoms. The van der Waals surface area contributed by atoms with E-state index in [9.17, 15) is 33.8 Å². The van der Waals surface area contributed by atoms with Crippen LogP contribution in [0.4, 0.5) is 0 Å². The van der Waals surface area contributed by atoms with E-state index < -0.39 is 72.3 Å². The van der Waals surface area contributed by atoms with Gasteiger partial charge in [-0.2, -0.15) is 0 Å². The van der Waals surface area contributed by atoms with Crippen LogP contribution in [0.25, 0.3) is 0 Å². The SMILES string of the molecule is CCCCC/C=C\C/C=C\C/C=C\C=C\[C@@H](O)CCCC(=O)OC[C@H](COP(=O)(O)OC[C@@H](O)COP(=O)(O)O)OC(=O)CCCCCCC/C=C\CCCCCCCC. The topological polar surface area (TPSA) is 216 Å². The zero-order chi connectivity index (χ0) is 44.6. The number of esters is 2. The first-order chi connectivity index (χ1) is 28.8. The zero-order valence-electron chi connectivity index (χ0n) is 36.4. The third-order valence-electron chi connectivity index (χ3n) is 8.97. The first-order valence-electron chi connectivity index (χ1n) is 22.1. The minimum absolute atomic E-state index is 0.0365. The standard InChI is InChI=1S/C44H78O14P2/c1-3-5-7-9-11-13-15-17-18-20-22-24-26-28-30-34-44(48)58-42(39-57-60(52,53)56-37-41(46)36-55-59(49,50)51)38-54-43(47)35-31-33-40(45)32-29-27-25-23-21-19-16-14-12-10-8-6-4-2/h12,14,17-19,21,25,27,29,32,40-42,45-46H,3-11,13,15-16,20,22-24,26,28,30-31,33-39H2,1-2H3,(H,52,53)(H2,49,50,51)/b14-12-,18-17-,21-19-,27-25-,32-29+/t40-,41+,42-/m1/s1. The van der Waals surface area contributed by atoms with Gasteiger partial charge in [0.2, 0.25) is 0 Å². The van der Waals surface area contributed by atoms with E-state index in [0.717, 1.165) is 57.8 Å². The molecule has 4 atom stereocenters. The molecule has 0 spiro atoms. The van der Waals surface area contributed by atoms with Crippen molar-refractivity contribution in [1.82, 2.24) is 0 Å². The van der Waals surface area contributed by atoms with Gasteiger partial charge in [-0.05, 0) is 70.6 Å². The minimum atomic E-state index is -4.88. The third kappa shape index (κ3) is 42.5. The molecule has 0 bridgehead atoms. The van der Waals surface area contributed by atoms with Gasteiger partial charge in [0.05, 0.1) is 25.9 Å². The summed E-state index contributed by atoms with van der Waals surface area (Å²) >= 11 is 0. The van der Waals surface area contributed by atoms with E-state index in [4.69, 9.17) is 23.8 Å². The molecule has 1 unspecified atom stereocenters. The quantitative estimate of drug-likeness (QED) is 0.0127. The van der Waals surface area contributed by atoms with Crippen molar-refractivity contribution >= 4 is 27.6 Å². The molecule has 0 amide bonds. The first kappa shape index (κ1) is 57.8. The van der Waals surface area contributed by atoms with Gasteiger partial charge in [0, 0.05) is 12.8 Å². The molecule has 348 valence electrons. The van der Waals surface area contributed by atoms with Gasteiger partial charge in [-0.25, -0.2) is 9.13 Å². The van der Waals surface area contributed by atoms with Crippen LogP contribution in [0.2, 0.25) is 0 Å². The number of aliphatic hydroxyl groups excluding tert-OH is 2. The normalized spacial score (nSPS) is 15.1. The van der Waals surface area contributed by atoms with Crippen molar-refractivity contribution < 1.29 is 66.7 Å². The molecule has 0 saturated heterocycles. The van der Waals surface area contributed by atoms with Gasteiger partial charge in [-0.15, -0.1) is 0 Å². The van der Waals surface area contributed by atoms with Crippen molar-refractivity contribution in [2.75, 3.05) is 26.4 Å². The predicted molar refractivity (Wildman–Crippen MR) is 236 cm³/mol. The number of aliphatic hydroxyl groups is 2. The third-order valence-corrected chi connectivity index (χ3v) is 10.4. The minimum Gasteiger partial charge on any atom is -0.462 e. The summed E-state index contributed by atoms with van der Waals surface area (Å²) in [7, 11) is -9.74. The number of ether oxygens (including phenoxy) is 2. The average Bonchev–Trinajstić information content (AvgIpc) is 3.20. The number of rotatable bonds is 41. The van der Waals surface area contributed by atoms with E-state index in [2.05, 4.69) is 59.4 Å². The smallest absolute Gasteiger partial charge is 0.462 e. The molecule has 0 saturated carbocycles. The Hall–Kier alpha value is -2.22. The second-order valence-corrected chi connectivity index (χ2v) is 17.5. The number of carbonyl (C=O) groups excluding carboxylic acids is 2. The zero-order valence-corrected chi connectivity index (χ0v) is 38.2. The molecule has 14 nitrogen and oxygen atoms in total. The highest BCUT2D eigenvalue weighted by Crippen LogP contribution is 2.43. The lowest BCUT2D eigenvalue weighted by molar-refractivity contribution is -0.161. The fraction of sp³-hybridized carbons (Fsp3) is 0.727. The Balaban J connectivity index is 4.72. The van der Waals surface area contributed by atoms with Crippen LogP contribution in [0.5, 0.6) is 0 Å². The highest BCUT2D eigenvalue weighted by molar-refractivity contribution is 7.47. The fourth-order valence-corrected chi connectivity index (χ4v) is 6.72. The molecule has 0 radical (unpaired) electrons. The van der Waals surface area contributed by atoms with Crippen molar-refractivity contribution in [3.8, 4) is 0 Å². The summed E-state index contributed by atoms with van der Waals surface area (Å²) in [5.74, 6) is -1.25. The van der Waals surface area contributed by atoms with Crippen LogP contribution in [-0.4, -0.2) is 81.6 Å². The lowest BCUT2D eigenvalue weighted by Crippen LogP contribution is -2.30. The van der Waals surface area contributed by atoms with E-state index >= 15 is 0 Å². The van der Waals surface area contributed by atoms with Crippen LogP contribution in [0.3, 0.4) is 0 Å². The van der Waals surface area contributed by atoms with Crippen LogP contribution >= 0.6 is 15.6 Å². The number of hydrogen-bond acceptors (Lipinski definition) is 11. The summed E-state index contributed by atoms with van der Waals surface area (Å²) < 4.78 is 47.6. The molecule has 0 aliphatic rings. The Bertz CT molecular complexity index is 1310. The van der Waals surface area contributed by atoms with Crippen molar-refractivity contribution in [2.24, 2.45) is 0 Å². The molecular weight excluding hydrogens is 814 g/mol. The van der Waals surface area contributed by atoms with Crippen LogP contribution in [0.15, 0.2) is 60.8 Å². The Kier molecular flexibility index (Phi) is 38.1. The molecule has 0 fully saturated rings. The number of allylic oxidation sites excluding steroid dienone is 9. The van der Waals surface area contributed by atoms with Gasteiger partial charge in [0.15, 0.2) is 6.10 Å². The van der Waals surface area contributed by atoms with Crippen LogP contribution in [0.1, 0.15) is 162 Å². The largest absolute Gasteiger partial charge is 0.472 e. The maximum absolute atomic E-state index is 12.7. The Morgan fingerprint density at radius 1 is 0.550 bits per heavy atom. The molecule has 0 aromatic rings. The summed E-state index contributed by atoms with van der Waals surface area (Å²) in [5.41, 5.74) is 0. The van der Waals surface area contributed by atoms with Gasteiger partial charge in [-0.1, -0.05) is 139 Å². The summed E-state index contributed by atoms with van der Waals surface area (Å²) in [6.07, 6.45) is 38.1. The van der Waals surface area contributed by atoms with E-state index in [1.807, 2.05) is 12.2 Å². The van der Waals surface area contributed by atoms with Crippen LogP contribution in [-0.2, 0) is 41.8 Å². The second-order valence-electron chi connectivity index (χ2n) is 14.8. The maximum Gasteiger partial charge on any atom is 0.472 e. The van der Waals surface area contributed by atoms with Crippen molar-refractivity contribution in [3.63, 3.8) is 0 Å². The summed E-state index contributed by atoms with van der Waals surface area (Å²) in [4.78, 5) is 52.7. The molecule has 0 aromatic carbocycles. The predicted octanol–water partition coefficient (Wildman–Crippen LogP) is 10.2. The van der Waals surface area contributed by atoms with Crippen molar-refractivity contribution in [2.45, 2.75) is 180 Å². The van der Waals surface area contributed by atoms with Crippen LogP contribution < -0.4 is 0 Å². The Morgan fingerprint density at radius 3 is 1.70 bits per heavy atom. The Labute approximate surface area is 360 Å². The van der Waals surface area contributed by atoms with Gasteiger partial charge in [-0.3, -0.25) is 23.2 Å². The van der Waals surface area contributed by atoms with Crippen LogP contribution in [0, 0.1) is 0 Å². The van der Waals surface area contributed by atoms with Crippen molar-refractivity contribution in [3.05, 3.63) is 60.8 Å². The van der Waals surface area contributed by atoms with Gasteiger partial charge in [0.25, 0.3) is 0 Å². The molecule has 0 rings (SSSR count). The van der Waals surface area contributed by atoms with E-state index in [1.165, 1.54) is 57.8 Å². The highest BCUT2D eigenvalue weighted by Gasteiger charge is 2.28. The van der Waals surface area contributed by atoms with Gasteiger partial charge >= 0.3 is 27.6 Å². The maximum atomic E-state index is 12.7. The Morgan fingerprint density at radius 2 is 1.05 bits per heavy atom. The van der Waals surface area contributed by atoms with Crippen molar-refractivity contribution in [1.29, 1.82) is 0 Å². The van der Waals surface area contributed by atoms with E-state index in [-0.39, 0.29) is 12.8 Å². The monoisotopic (exact) mass is 892 g/mol. The number of hydrogen-bond donors (Lipinski definition) is 5. The number of carbonyl (C=O) groups is 2. The van der Waals surface area contributed by atoms with Gasteiger partial charge in [0.1, 0.15) is 12.7 Å². The fourth-order valence-electron chi connectivity index (χ4n) is 5.56. The second kappa shape index (κ2) is 39.6. The molecule has 0 heterocycles. The molecule has 60 heavy (non-hydrogen) atoms. The van der Waals surface area contributed by atoms with Gasteiger partial charge < -0.3 is 34.4 Å². The summed E-state index contributed by atoms with van der Waals surface area (Å²) in [5, 5.41) is 20.0. The number of phosphoric acid groups is 2.